The molecule has 5 N–H and O–H groups in total. The lowest BCUT2D eigenvalue weighted by molar-refractivity contribution is -0.131. The van der Waals surface area contributed by atoms with Gasteiger partial charge in [0.05, 0.1) is 65.9 Å². The lowest BCUT2D eigenvalue weighted by atomic mass is 9.98. The summed E-state index contributed by atoms with van der Waals surface area (Å²) in [6.45, 7) is 30.8. The van der Waals surface area contributed by atoms with Crippen molar-refractivity contribution in [2.75, 3.05) is 31.7 Å². The number of oxime groups is 1. The van der Waals surface area contributed by atoms with Gasteiger partial charge in [0.1, 0.15) is 23.0 Å². The fraction of sp³-hybridized carbons (Fsp3) is 0.277. The van der Waals surface area contributed by atoms with Crippen LogP contribution in [0, 0.1) is 55.4 Å². The van der Waals surface area contributed by atoms with E-state index < -0.39 is 0 Å². The highest BCUT2D eigenvalue weighted by molar-refractivity contribution is 6.02. The van der Waals surface area contributed by atoms with Gasteiger partial charge in [0.25, 0.3) is 11.5 Å². The van der Waals surface area contributed by atoms with Gasteiger partial charge in [-0.2, -0.15) is 4.99 Å². The van der Waals surface area contributed by atoms with Crippen LogP contribution in [0.5, 0.6) is 17.2 Å². The average molecular weight is 1420 g/mol. The molecule has 0 spiro atoms. The van der Waals surface area contributed by atoms with Crippen molar-refractivity contribution in [2.45, 2.75) is 114 Å². The number of urea groups is 1. The Morgan fingerprint density at radius 1 is 0.552 bits per heavy atom. The number of nitrogens with zero attached hydrogens (tertiary/aromatic N) is 5. The number of H-pyrrole nitrogens is 1. The number of aromatic nitrogens is 3. The SMILES string of the molecule is C=C1CC(Cc2ccc(C)cc2OCC)=NO1.C=C1N=C(c2ccc(C)cc2OCC)NO1.Cc1ccc2c(=O)[nH]n(C)c2c1.Cc1ccc2c(c1)C(=O)NCC2.Cc1ccc2c(c1)CNC(=O)C2.Cc1ccc2c(c1)N(C)C(=O)NC2.Cc1ccc2c(c1)OC(=O)C2.Cc1ccc2oc(=O)n(C)c2c1. The molecule has 0 fully saturated rings. The van der Waals surface area contributed by atoms with Crippen molar-refractivity contribution < 1.29 is 47.5 Å². The quantitative estimate of drug-likeness (QED) is 0.0735. The predicted octanol–water partition coefficient (Wildman–Crippen LogP) is 13.5. The molecule has 22 nitrogen and oxygen atoms in total. The molecular formula is C83H92N10O12. The lowest BCUT2D eigenvalue weighted by Crippen LogP contribution is -2.41. The molecule has 546 valence electrons. The maximum atomic E-state index is 11.3. The standard InChI is InChI=1S/C14H17NO2.C12H14N2O2.C10H12N2O.2C10H11NO.C9H10N2O.C9H9NO2.C9H8O2/c1-4-16-14-7-10(2)5-6-12(14)9-13-8-11(3)17-15-13;1-4-15-11-7-8(2)5-6-10(11)12-13-9(3)16-14-12;1-7-3-4-8-6-11-10(13)12(2)9(8)5-7;1-7-2-3-8-5-10(12)11-6-9(8)4-7;1-7-2-3-8-4-5-11-10(12)9(8)6-7;1-6-3-4-7-8(5-6)11(2)10-9(7)12;1-6-3-4-8-7(5-6)10(2)9(11)12-8;1-6-2-3-7-5-9(10)11-8(7)4-6/h5-7H,3-4,8-9H2,1-2H3;5-7H,3-4H2,1-2H3,(H,13,14);3-5H,6H2,1-2H3,(H,11,13);2-4H,5-6H2,1H3,(H,11,12);2-3,6H,4-5H2,1H3,(H,11,12);3-5H,1-2H3,(H,10,12);3-5H,1-2H3;2-4H,5H2,1H3. The molecule has 0 aliphatic carbocycles. The molecule has 6 aliphatic heterocycles. The molecule has 8 heterocycles. The molecule has 0 bridgehead atoms. The number of nitrogens with one attached hydrogen (secondary N) is 5. The second-order valence-corrected chi connectivity index (χ2v) is 26.1. The summed E-state index contributed by atoms with van der Waals surface area (Å²) in [5.41, 5.74) is 25.1. The summed E-state index contributed by atoms with van der Waals surface area (Å²) < 4.78 is 24.3. The van der Waals surface area contributed by atoms with Crippen molar-refractivity contribution in [3.8, 4) is 17.2 Å². The van der Waals surface area contributed by atoms with Gasteiger partial charge in [-0.05, 0) is 204 Å². The number of aliphatic imine (C=N–C) groups is 1. The second-order valence-electron chi connectivity index (χ2n) is 26.1. The summed E-state index contributed by atoms with van der Waals surface area (Å²) in [5, 5.41) is 15.9. The Morgan fingerprint density at radius 2 is 1.14 bits per heavy atom. The monoisotopic (exact) mass is 1420 g/mol. The van der Waals surface area contributed by atoms with E-state index in [1.165, 1.54) is 43.5 Å². The van der Waals surface area contributed by atoms with E-state index in [9.17, 15) is 28.8 Å². The van der Waals surface area contributed by atoms with Gasteiger partial charge in [-0.1, -0.05) is 108 Å². The van der Waals surface area contributed by atoms with E-state index in [0.29, 0.717) is 62.2 Å². The molecule has 0 atom stereocenters. The topological polar surface area (TPSA) is 263 Å². The Balaban J connectivity index is 0.000000140. The number of carbonyl (C=O) groups is 4. The normalized spacial score (nSPS) is 13.9. The number of esters is 1. The molecule has 0 unspecified atom stereocenters. The molecule has 4 amide bonds. The van der Waals surface area contributed by atoms with E-state index in [1.807, 2.05) is 159 Å². The predicted molar refractivity (Wildman–Crippen MR) is 411 cm³/mol. The number of fused-ring (bicyclic) bond motifs is 6. The Kier molecular flexibility index (Phi) is 26.1. The van der Waals surface area contributed by atoms with Crippen molar-refractivity contribution in [3.05, 3.63) is 280 Å². The maximum absolute atomic E-state index is 11.3. The van der Waals surface area contributed by atoms with Crippen LogP contribution < -0.4 is 51.9 Å². The summed E-state index contributed by atoms with van der Waals surface area (Å²) in [6, 6.07) is 47.8. The van der Waals surface area contributed by atoms with E-state index in [2.05, 4.69) is 112 Å². The summed E-state index contributed by atoms with van der Waals surface area (Å²) in [5.74, 6) is 3.92. The molecule has 2 aromatic heterocycles. The van der Waals surface area contributed by atoms with Crippen LogP contribution in [-0.2, 0) is 72.1 Å². The Morgan fingerprint density at radius 3 is 1.84 bits per heavy atom. The Labute approximate surface area is 611 Å². The number of ether oxygens (including phenoxy) is 3. The number of rotatable bonds is 7. The van der Waals surface area contributed by atoms with Crippen LogP contribution in [0.3, 0.4) is 0 Å². The number of aryl methyl sites for hydroxylation is 10. The molecule has 8 aromatic carbocycles. The minimum Gasteiger partial charge on any atom is -0.494 e. The lowest BCUT2D eigenvalue weighted by Gasteiger charge is -2.26. The molecule has 0 saturated carbocycles. The van der Waals surface area contributed by atoms with Gasteiger partial charge in [-0.15, -0.1) is 0 Å². The Hall–Kier alpha value is -12.2. The number of hydroxylamine groups is 1. The van der Waals surface area contributed by atoms with Gasteiger partial charge in [0, 0.05) is 58.3 Å². The van der Waals surface area contributed by atoms with Crippen molar-refractivity contribution in [3.63, 3.8) is 0 Å². The number of benzene rings is 8. The fourth-order valence-corrected chi connectivity index (χ4v) is 11.7. The van der Waals surface area contributed by atoms with Crippen LogP contribution >= 0.6 is 0 Å². The first-order valence-electron chi connectivity index (χ1n) is 34.7. The highest BCUT2D eigenvalue weighted by Gasteiger charge is 2.23. The molecule has 0 saturated heterocycles. The van der Waals surface area contributed by atoms with E-state index in [4.69, 9.17) is 28.3 Å². The average Bonchev–Trinajstić information content (AvgIpc) is 1.63. The molecular weight excluding hydrogens is 1330 g/mol. The molecule has 6 aliphatic rings. The number of oxazole rings is 1. The molecule has 10 aromatic rings. The summed E-state index contributed by atoms with van der Waals surface area (Å²) in [4.78, 5) is 82.5. The van der Waals surface area contributed by atoms with Gasteiger partial charge in [-0.3, -0.25) is 38.4 Å². The number of hydrogen-bond donors (Lipinski definition) is 5. The first kappa shape index (κ1) is 77.0. The fourth-order valence-electron chi connectivity index (χ4n) is 11.7. The van der Waals surface area contributed by atoms with Crippen molar-refractivity contribution in [2.24, 2.45) is 24.2 Å². The number of amides is 4. The van der Waals surface area contributed by atoms with Crippen LogP contribution in [0.2, 0.25) is 0 Å². The molecule has 105 heavy (non-hydrogen) atoms. The maximum Gasteiger partial charge on any atom is 0.419 e. The number of aromatic amines is 1. The highest BCUT2D eigenvalue weighted by Crippen LogP contribution is 2.29. The van der Waals surface area contributed by atoms with Gasteiger partial charge in [0.15, 0.2) is 11.4 Å². The number of carbonyl (C=O) groups excluding carboxylic acids is 4. The number of hydrogen-bond acceptors (Lipinski definition) is 15. The third-order valence-electron chi connectivity index (χ3n) is 17.3. The minimum atomic E-state index is -0.310. The van der Waals surface area contributed by atoms with Crippen LogP contribution in [0.25, 0.3) is 22.0 Å². The zero-order valence-corrected chi connectivity index (χ0v) is 62.0. The Bertz CT molecular complexity index is 5080. The van der Waals surface area contributed by atoms with Crippen molar-refractivity contribution in [1.82, 2.24) is 35.8 Å². The zero-order chi connectivity index (χ0) is 75.6. The largest absolute Gasteiger partial charge is 0.494 e. The molecule has 16 rings (SSSR count). The summed E-state index contributed by atoms with van der Waals surface area (Å²) in [7, 11) is 5.32. The van der Waals surface area contributed by atoms with Gasteiger partial charge in [-0.25, -0.2) is 15.1 Å². The van der Waals surface area contributed by atoms with Gasteiger partial charge < -0.3 is 44.3 Å². The van der Waals surface area contributed by atoms with E-state index in [-0.39, 0.29) is 35.1 Å². The van der Waals surface area contributed by atoms with E-state index in [0.717, 1.165) is 121 Å². The number of allylic oxidation sites excluding steroid dienone is 1. The van der Waals surface area contributed by atoms with Gasteiger partial charge >= 0.3 is 17.8 Å². The first-order chi connectivity index (χ1) is 50.2. The number of amidine groups is 1. The molecule has 0 radical (unpaired) electrons. The third kappa shape index (κ3) is 21.0. The van der Waals surface area contributed by atoms with Crippen LogP contribution in [0.4, 0.5) is 10.5 Å². The summed E-state index contributed by atoms with van der Waals surface area (Å²) in [6.07, 6.45) is 3.40. The van der Waals surface area contributed by atoms with E-state index >= 15 is 0 Å². The van der Waals surface area contributed by atoms with Crippen LogP contribution in [0.15, 0.2) is 195 Å². The van der Waals surface area contributed by atoms with Gasteiger partial charge in [0.2, 0.25) is 11.8 Å². The molecule has 22 heteroatoms. The van der Waals surface area contributed by atoms with Crippen molar-refractivity contribution >= 4 is 63.1 Å². The smallest absolute Gasteiger partial charge is 0.419 e. The third-order valence-corrected chi connectivity index (χ3v) is 17.3. The van der Waals surface area contributed by atoms with Crippen LogP contribution in [0.1, 0.15) is 114 Å². The second kappa shape index (κ2) is 35.6. The first-order valence-corrected chi connectivity index (χ1v) is 34.7. The highest BCUT2D eigenvalue weighted by atomic mass is 16.7. The van der Waals surface area contributed by atoms with Crippen LogP contribution in [-0.4, -0.2) is 76.5 Å². The number of anilines is 1. The minimum absolute atomic E-state index is 0.0208. The zero-order valence-electron chi connectivity index (χ0n) is 62.0. The van der Waals surface area contributed by atoms with E-state index in [1.54, 1.807) is 23.7 Å². The van der Waals surface area contributed by atoms with Crippen molar-refractivity contribution in [1.29, 1.82) is 0 Å². The summed E-state index contributed by atoms with van der Waals surface area (Å²) >= 11 is 0.